The molecule has 0 aromatic heterocycles. The molecule has 2 nitrogen and oxygen atoms in total. The SMILES string of the molecule is Oc1ccc2c(c1C1CCCCN1)CCC2. The molecule has 86 valence electrons. The van der Waals surface area contributed by atoms with Crippen molar-refractivity contribution in [3.8, 4) is 5.75 Å². The quantitative estimate of drug-likeness (QED) is 0.758. The Morgan fingerprint density at radius 3 is 2.88 bits per heavy atom. The van der Waals surface area contributed by atoms with E-state index in [-0.39, 0.29) is 0 Å². The molecule has 1 aromatic carbocycles. The lowest BCUT2D eigenvalue weighted by Gasteiger charge is -2.26. The first kappa shape index (κ1) is 10.2. The molecule has 1 aliphatic carbocycles. The van der Waals surface area contributed by atoms with Crippen LogP contribution in [0.2, 0.25) is 0 Å². The third kappa shape index (κ3) is 1.61. The fraction of sp³-hybridized carbons (Fsp3) is 0.571. The molecule has 2 N–H and O–H groups in total. The van der Waals surface area contributed by atoms with Crippen LogP contribution in [-0.2, 0) is 12.8 Å². The van der Waals surface area contributed by atoms with E-state index in [1.54, 1.807) is 0 Å². The van der Waals surface area contributed by atoms with Crippen molar-refractivity contribution in [1.82, 2.24) is 5.32 Å². The van der Waals surface area contributed by atoms with Gasteiger partial charge in [0, 0.05) is 11.6 Å². The Hall–Kier alpha value is -1.02. The van der Waals surface area contributed by atoms with E-state index in [2.05, 4.69) is 11.4 Å². The molecule has 1 unspecified atom stereocenters. The van der Waals surface area contributed by atoms with Gasteiger partial charge in [0.05, 0.1) is 0 Å². The number of phenolic OH excluding ortho intramolecular Hbond substituents is 1. The molecule has 0 spiro atoms. The van der Waals surface area contributed by atoms with E-state index in [0.717, 1.165) is 13.0 Å². The average molecular weight is 217 g/mol. The molecule has 0 radical (unpaired) electrons. The Balaban J connectivity index is 2.01. The zero-order valence-electron chi connectivity index (χ0n) is 9.63. The van der Waals surface area contributed by atoms with Gasteiger partial charge in [-0.05, 0) is 55.8 Å². The zero-order valence-corrected chi connectivity index (χ0v) is 9.63. The summed E-state index contributed by atoms with van der Waals surface area (Å²) in [5.74, 6) is 0.500. The van der Waals surface area contributed by atoms with E-state index in [9.17, 15) is 5.11 Å². The molecule has 1 heterocycles. The molecule has 3 rings (SSSR count). The van der Waals surface area contributed by atoms with Gasteiger partial charge in [0.2, 0.25) is 0 Å². The van der Waals surface area contributed by atoms with Crippen LogP contribution < -0.4 is 5.32 Å². The number of phenols is 1. The third-order valence-corrected chi connectivity index (χ3v) is 3.96. The maximum atomic E-state index is 10.1. The van der Waals surface area contributed by atoms with Crippen LogP contribution >= 0.6 is 0 Å². The first-order valence-electron chi connectivity index (χ1n) is 6.43. The number of benzene rings is 1. The first-order chi connectivity index (χ1) is 7.86. The number of hydrogen-bond donors (Lipinski definition) is 2. The molecule has 2 heteroatoms. The van der Waals surface area contributed by atoms with Crippen molar-refractivity contribution < 1.29 is 5.11 Å². The zero-order chi connectivity index (χ0) is 11.0. The Morgan fingerprint density at radius 2 is 2.06 bits per heavy atom. The number of aryl methyl sites for hydroxylation is 1. The lowest BCUT2D eigenvalue weighted by molar-refractivity contribution is 0.389. The van der Waals surface area contributed by atoms with Gasteiger partial charge in [-0.2, -0.15) is 0 Å². The van der Waals surface area contributed by atoms with Crippen molar-refractivity contribution in [1.29, 1.82) is 0 Å². The molecule has 0 saturated carbocycles. The van der Waals surface area contributed by atoms with Crippen LogP contribution in [0, 0.1) is 0 Å². The highest BCUT2D eigenvalue weighted by Gasteiger charge is 2.24. The van der Waals surface area contributed by atoms with Gasteiger partial charge in [-0.1, -0.05) is 12.5 Å². The predicted molar refractivity (Wildman–Crippen MR) is 64.7 cm³/mol. The molecule has 1 aliphatic heterocycles. The maximum absolute atomic E-state index is 10.1. The number of piperidine rings is 1. The molecule has 0 amide bonds. The third-order valence-electron chi connectivity index (χ3n) is 3.96. The van der Waals surface area contributed by atoms with Gasteiger partial charge >= 0.3 is 0 Å². The standard InChI is InChI=1S/C14H19NO/c16-13-8-7-10-4-3-5-11(10)14(13)12-6-1-2-9-15-12/h7-8,12,15-16H,1-6,9H2. The van der Waals surface area contributed by atoms with Crippen LogP contribution in [0.3, 0.4) is 0 Å². The smallest absolute Gasteiger partial charge is 0.120 e. The topological polar surface area (TPSA) is 32.3 Å². The summed E-state index contributed by atoms with van der Waals surface area (Å²) in [7, 11) is 0. The van der Waals surface area contributed by atoms with Crippen molar-refractivity contribution >= 4 is 0 Å². The first-order valence-corrected chi connectivity index (χ1v) is 6.43. The van der Waals surface area contributed by atoms with E-state index in [4.69, 9.17) is 0 Å². The van der Waals surface area contributed by atoms with Gasteiger partial charge in [-0.25, -0.2) is 0 Å². The summed E-state index contributed by atoms with van der Waals surface area (Å²) < 4.78 is 0. The highest BCUT2D eigenvalue weighted by atomic mass is 16.3. The van der Waals surface area contributed by atoms with Crippen LogP contribution in [-0.4, -0.2) is 11.7 Å². The van der Waals surface area contributed by atoms with Crippen LogP contribution in [0.25, 0.3) is 0 Å². The summed E-state index contributed by atoms with van der Waals surface area (Å²) in [6, 6.07) is 4.38. The van der Waals surface area contributed by atoms with Gasteiger partial charge in [-0.3, -0.25) is 0 Å². The Morgan fingerprint density at radius 1 is 1.12 bits per heavy atom. The van der Waals surface area contributed by atoms with E-state index in [1.807, 2.05) is 6.07 Å². The lowest BCUT2D eigenvalue weighted by atomic mass is 9.91. The second kappa shape index (κ2) is 4.10. The van der Waals surface area contributed by atoms with E-state index >= 15 is 0 Å². The number of nitrogens with one attached hydrogen (secondary N) is 1. The highest BCUT2D eigenvalue weighted by molar-refractivity contribution is 5.48. The summed E-state index contributed by atoms with van der Waals surface area (Å²) in [5.41, 5.74) is 4.09. The van der Waals surface area contributed by atoms with Crippen LogP contribution in [0.15, 0.2) is 12.1 Å². The minimum Gasteiger partial charge on any atom is -0.508 e. The van der Waals surface area contributed by atoms with Gasteiger partial charge in [0.25, 0.3) is 0 Å². The number of aromatic hydroxyl groups is 1. The molecule has 1 saturated heterocycles. The molecule has 2 aliphatic rings. The van der Waals surface area contributed by atoms with Gasteiger partial charge < -0.3 is 10.4 Å². The lowest BCUT2D eigenvalue weighted by Crippen LogP contribution is -2.27. The fourth-order valence-electron chi connectivity index (χ4n) is 3.17. The largest absolute Gasteiger partial charge is 0.508 e. The summed E-state index contributed by atoms with van der Waals surface area (Å²) >= 11 is 0. The van der Waals surface area contributed by atoms with Crippen molar-refractivity contribution in [2.45, 2.75) is 44.6 Å². The van der Waals surface area contributed by atoms with Crippen LogP contribution in [0.4, 0.5) is 0 Å². The van der Waals surface area contributed by atoms with Crippen molar-refractivity contribution in [2.75, 3.05) is 6.54 Å². The van der Waals surface area contributed by atoms with Crippen molar-refractivity contribution in [3.05, 3.63) is 28.8 Å². The number of fused-ring (bicyclic) bond motifs is 1. The van der Waals surface area contributed by atoms with E-state index < -0.39 is 0 Å². The fourth-order valence-corrected chi connectivity index (χ4v) is 3.17. The van der Waals surface area contributed by atoms with Crippen LogP contribution in [0.1, 0.15) is 48.4 Å². The van der Waals surface area contributed by atoms with Gasteiger partial charge in [0.1, 0.15) is 5.75 Å². The second-order valence-corrected chi connectivity index (χ2v) is 4.99. The number of rotatable bonds is 1. The molecule has 1 aromatic rings. The van der Waals surface area contributed by atoms with E-state index in [1.165, 1.54) is 48.8 Å². The molecule has 1 atom stereocenters. The molecule has 0 bridgehead atoms. The Kier molecular flexibility index (Phi) is 2.60. The minimum absolute atomic E-state index is 0.391. The summed E-state index contributed by atoms with van der Waals surface area (Å²) in [6.45, 7) is 1.09. The van der Waals surface area contributed by atoms with E-state index in [0.29, 0.717) is 11.8 Å². The summed E-state index contributed by atoms with van der Waals surface area (Å²) in [5, 5.41) is 13.6. The van der Waals surface area contributed by atoms with Crippen molar-refractivity contribution in [3.63, 3.8) is 0 Å². The van der Waals surface area contributed by atoms with Gasteiger partial charge in [0.15, 0.2) is 0 Å². The molecule has 1 fully saturated rings. The average Bonchev–Trinajstić information content (AvgIpc) is 2.78. The molecular weight excluding hydrogens is 198 g/mol. The van der Waals surface area contributed by atoms with Gasteiger partial charge in [-0.15, -0.1) is 0 Å². The molecule has 16 heavy (non-hydrogen) atoms. The molecular formula is C14H19NO. The second-order valence-electron chi connectivity index (χ2n) is 4.99. The van der Waals surface area contributed by atoms with Crippen molar-refractivity contribution in [2.24, 2.45) is 0 Å². The summed E-state index contributed by atoms with van der Waals surface area (Å²) in [6.07, 6.45) is 7.31. The normalized spacial score (nSPS) is 24.4. The Labute approximate surface area is 96.7 Å². The summed E-state index contributed by atoms with van der Waals surface area (Å²) in [4.78, 5) is 0. The highest BCUT2D eigenvalue weighted by Crippen LogP contribution is 2.38. The predicted octanol–water partition coefficient (Wildman–Crippen LogP) is 2.70. The monoisotopic (exact) mass is 217 g/mol. The Bertz CT molecular complexity index is 394. The van der Waals surface area contributed by atoms with Crippen LogP contribution in [0.5, 0.6) is 5.75 Å². The maximum Gasteiger partial charge on any atom is 0.120 e. The minimum atomic E-state index is 0.391. The number of hydrogen-bond acceptors (Lipinski definition) is 2.